The third-order valence-corrected chi connectivity index (χ3v) is 3.31. The molecule has 0 aliphatic carbocycles. The maximum Gasteiger partial charge on any atom is 0.261 e. The molecule has 0 unspecified atom stereocenters. The number of nitriles is 1. The standard InChI is InChI=1S/C17H18N4O/c1-19-17(22)13(12-18)11-16-5-4-10-21(16)15-8-6-14(7-9-15)20(2)3/h4-11H,1-3H3,(H,19,22)/b13-11+. The lowest BCUT2D eigenvalue weighted by atomic mass is 10.2. The van der Waals surface area contributed by atoms with Gasteiger partial charge in [-0.3, -0.25) is 4.79 Å². The number of rotatable bonds is 4. The van der Waals surface area contributed by atoms with Crippen LogP contribution in [0.3, 0.4) is 0 Å². The Bertz CT molecular complexity index is 733. The maximum absolute atomic E-state index is 11.6. The molecule has 0 aliphatic heterocycles. The molecule has 0 aliphatic rings. The number of amides is 1. The van der Waals surface area contributed by atoms with Gasteiger partial charge in [0, 0.05) is 44.4 Å². The van der Waals surface area contributed by atoms with E-state index in [0.29, 0.717) is 0 Å². The number of hydrogen-bond acceptors (Lipinski definition) is 3. The van der Waals surface area contributed by atoms with Crippen molar-refractivity contribution in [2.45, 2.75) is 0 Å². The second-order valence-corrected chi connectivity index (χ2v) is 4.96. The molecule has 0 saturated carbocycles. The molecule has 5 heteroatoms. The van der Waals surface area contributed by atoms with Crippen molar-refractivity contribution in [2.75, 3.05) is 26.0 Å². The Kier molecular flexibility index (Phi) is 4.64. The summed E-state index contributed by atoms with van der Waals surface area (Å²) >= 11 is 0. The minimum Gasteiger partial charge on any atom is -0.378 e. The molecule has 0 saturated heterocycles. The fraction of sp³-hybridized carbons (Fsp3) is 0.176. The second-order valence-electron chi connectivity index (χ2n) is 4.96. The lowest BCUT2D eigenvalue weighted by Crippen LogP contribution is -2.19. The minimum absolute atomic E-state index is 0.0763. The molecule has 5 nitrogen and oxygen atoms in total. The number of nitrogens with zero attached hydrogens (tertiary/aromatic N) is 3. The number of anilines is 1. The van der Waals surface area contributed by atoms with Crippen LogP contribution in [-0.2, 0) is 4.79 Å². The number of benzene rings is 1. The Hall–Kier alpha value is -3.00. The smallest absolute Gasteiger partial charge is 0.261 e. The first-order valence-corrected chi connectivity index (χ1v) is 6.86. The molecule has 1 N–H and O–H groups in total. The summed E-state index contributed by atoms with van der Waals surface area (Å²) in [7, 11) is 5.48. The van der Waals surface area contributed by atoms with Crippen LogP contribution in [0.2, 0.25) is 0 Å². The molecular formula is C17H18N4O. The predicted molar refractivity (Wildman–Crippen MR) is 87.8 cm³/mol. The number of carbonyl (C=O) groups excluding carboxylic acids is 1. The van der Waals surface area contributed by atoms with E-state index in [1.54, 1.807) is 6.08 Å². The number of hydrogen-bond donors (Lipinski definition) is 1. The summed E-state index contributed by atoms with van der Waals surface area (Å²) in [6.07, 6.45) is 3.48. The second kappa shape index (κ2) is 6.64. The number of carbonyl (C=O) groups is 1. The van der Waals surface area contributed by atoms with E-state index >= 15 is 0 Å². The average molecular weight is 294 g/mol. The quantitative estimate of drug-likeness (QED) is 0.694. The lowest BCUT2D eigenvalue weighted by Gasteiger charge is -2.13. The zero-order chi connectivity index (χ0) is 16.1. The van der Waals surface area contributed by atoms with Gasteiger partial charge in [0.2, 0.25) is 0 Å². The maximum atomic E-state index is 11.6. The molecule has 2 rings (SSSR count). The summed E-state index contributed by atoms with van der Waals surface area (Å²) in [5, 5.41) is 11.6. The largest absolute Gasteiger partial charge is 0.378 e. The zero-order valence-corrected chi connectivity index (χ0v) is 12.9. The van der Waals surface area contributed by atoms with Gasteiger partial charge in [0.15, 0.2) is 0 Å². The first-order chi connectivity index (χ1) is 10.6. The van der Waals surface area contributed by atoms with Gasteiger partial charge in [0.1, 0.15) is 11.6 Å². The van der Waals surface area contributed by atoms with Crippen LogP contribution in [-0.4, -0.2) is 31.6 Å². The normalized spacial score (nSPS) is 10.9. The van der Waals surface area contributed by atoms with Crippen molar-refractivity contribution < 1.29 is 4.79 Å². The van der Waals surface area contributed by atoms with E-state index in [0.717, 1.165) is 17.1 Å². The topological polar surface area (TPSA) is 61.1 Å². The third kappa shape index (κ3) is 3.18. The van der Waals surface area contributed by atoms with Crippen LogP contribution < -0.4 is 10.2 Å². The van der Waals surface area contributed by atoms with Gasteiger partial charge in [-0.05, 0) is 42.5 Å². The number of nitrogens with one attached hydrogen (secondary N) is 1. The predicted octanol–water partition coefficient (Wildman–Crippen LogP) is 2.20. The van der Waals surface area contributed by atoms with Crippen LogP contribution in [0.25, 0.3) is 11.8 Å². The van der Waals surface area contributed by atoms with Crippen molar-refractivity contribution in [2.24, 2.45) is 0 Å². The molecular weight excluding hydrogens is 276 g/mol. The van der Waals surface area contributed by atoms with E-state index in [4.69, 9.17) is 5.26 Å². The summed E-state index contributed by atoms with van der Waals surface area (Å²) in [6.45, 7) is 0. The molecule has 0 fully saturated rings. The molecule has 0 radical (unpaired) electrons. The Morgan fingerprint density at radius 2 is 1.95 bits per heavy atom. The summed E-state index contributed by atoms with van der Waals surface area (Å²) in [4.78, 5) is 13.6. The first kappa shape index (κ1) is 15.4. The van der Waals surface area contributed by atoms with Gasteiger partial charge in [-0.2, -0.15) is 5.26 Å². The van der Waals surface area contributed by atoms with Gasteiger partial charge in [-0.15, -0.1) is 0 Å². The van der Waals surface area contributed by atoms with Crippen molar-refractivity contribution in [3.63, 3.8) is 0 Å². The van der Waals surface area contributed by atoms with Crippen molar-refractivity contribution in [1.29, 1.82) is 5.26 Å². The van der Waals surface area contributed by atoms with E-state index in [1.165, 1.54) is 7.05 Å². The van der Waals surface area contributed by atoms with Crippen molar-refractivity contribution >= 4 is 17.7 Å². The molecule has 1 heterocycles. The average Bonchev–Trinajstić information content (AvgIpc) is 3.00. The molecule has 0 atom stereocenters. The van der Waals surface area contributed by atoms with Crippen molar-refractivity contribution in [3.8, 4) is 11.8 Å². The van der Waals surface area contributed by atoms with E-state index in [1.807, 2.05) is 72.2 Å². The molecule has 22 heavy (non-hydrogen) atoms. The van der Waals surface area contributed by atoms with Crippen LogP contribution in [0.4, 0.5) is 5.69 Å². The summed E-state index contributed by atoms with van der Waals surface area (Å²) < 4.78 is 1.93. The third-order valence-electron chi connectivity index (χ3n) is 3.31. The fourth-order valence-corrected chi connectivity index (χ4v) is 2.09. The lowest BCUT2D eigenvalue weighted by molar-refractivity contribution is -0.116. The Morgan fingerprint density at radius 3 is 2.50 bits per heavy atom. The van der Waals surface area contributed by atoms with Crippen molar-refractivity contribution in [3.05, 3.63) is 53.9 Å². The van der Waals surface area contributed by atoms with E-state index in [-0.39, 0.29) is 5.57 Å². The van der Waals surface area contributed by atoms with Crippen LogP contribution in [0, 0.1) is 11.3 Å². The van der Waals surface area contributed by atoms with Gasteiger partial charge >= 0.3 is 0 Å². The minimum atomic E-state index is -0.391. The van der Waals surface area contributed by atoms with Gasteiger partial charge in [-0.25, -0.2) is 0 Å². The Morgan fingerprint density at radius 1 is 1.27 bits per heavy atom. The van der Waals surface area contributed by atoms with E-state index < -0.39 is 5.91 Å². The molecule has 1 amide bonds. The molecule has 0 spiro atoms. The van der Waals surface area contributed by atoms with Crippen LogP contribution in [0.15, 0.2) is 48.2 Å². The molecule has 1 aromatic carbocycles. The fourth-order valence-electron chi connectivity index (χ4n) is 2.09. The highest BCUT2D eigenvalue weighted by molar-refractivity contribution is 6.01. The highest BCUT2D eigenvalue weighted by Gasteiger charge is 2.09. The van der Waals surface area contributed by atoms with Gasteiger partial charge in [0.25, 0.3) is 5.91 Å². The number of aromatic nitrogens is 1. The number of likely N-dealkylation sites (N-methyl/N-ethyl adjacent to an activating group) is 1. The molecule has 2 aromatic rings. The SMILES string of the molecule is CNC(=O)/C(C#N)=C/c1cccn1-c1ccc(N(C)C)cc1. The van der Waals surface area contributed by atoms with Crippen molar-refractivity contribution in [1.82, 2.24) is 9.88 Å². The van der Waals surface area contributed by atoms with Gasteiger partial charge < -0.3 is 14.8 Å². The Balaban J connectivity index is 2.39. The highest BCUT2D eigenvalue weighted by atomic mass is 16.1. The van der Waals surface area contributed by atoms with Crippen LogP contribution in [0.1, 0.15) is 5.69 Å². The molecule has 1 aromatic heterocycles. The summed E-state index contributed by atoms with van der Waals surface area (Å²) in [5.41, 5.74) is 2.93. The van der Waals surface area contributed by atoms with E-state index in [9.17, 15) is 4.79 Å². The first-order valence-electron chi connectivity index (χ1n) is 6.86. The van der Waals surface area contributed by atoms with E-state index in [2.05, 4.69) is 5.32 Å². The van der Waals surface area contributed by atoms with Crippen LogP contribution >= 0.6 is 0 Å². The summed E-state index contributed by atoms with van der Waals surface area (Å²) in [5.74, 6) is -0.391. The highest BCUT2D eigenvalue weighted by Crippen LogP contribution is 2.19. The van der Waals surface area contributed by atoms with Gasteiger partial charge in [0.05, 0.1) is 0 Å². The summed E-state index contributed by atoms with van der Waals surface area (Å²) in [6, 6.07) is 13.7. The monoisotopic (exact) mass is 294 g/mol. The zero-order valence-electron chi connectivity index (χ0n) is 12.9. The van der Waals surface area contributed by atoms with Crippen LogP contribution in [0.5, 0.6) is 0 Å². The molecule has 112 valence electrons. The van der Waals surface area contributed by atoms with Gasteiger partial charge in [-0.1, -0.05) is 0 Å². The Labute approximate surface area is 130 Å². The molecule has 0 bridgehead atoms.